The zero-order chi connectivity index (χ0) is 24.7. The maximum Gasteiger partial charge on any atom is 0.242 e. The summed E-state index contributed by atoms with van der Waals surface area (Å²) in [7, 11) is -3.53. The number of hydrogen-bond donors (Lipinski definition) is 2. The Morgan fingerprint density at radius 3 is 2.32 bits per heavy atom. The summed E-state index contributed by atoms with van der Waals surface area (Å²) < 4.78 is 40.6. The lowest BCUT2D eigenvalue weighted by molar-refractivity contribution is -0.140. The van der Waals surface area contributed by atoms with Gasteiger partial charge in [0, 0.05) is 25.6 Å². The third kappa shape index (κ3) is 7.23. The molecule has 0 heterocycles. The average Bonchev–Trinajstić information content (AvgIpc) is 3.63. The van der Waals surface area contributed by atoms with E-state index >= 15 is 0 Å². The molecule has 0 bridgehead atoms. The molecule has 7 nitrogen and oxygen atoms in total. The van der Waals surface area contributed by atoms with Crippen LogP contribution in [0, 0.1) is 5.82 Å². The fourth-order valence-corrected chi connectivity index (χ4v) is 4.71. The second kappa shape index (κ2) is 11.4. The van der Waals surface area contributed by atoms with Crippen LogP contribution in [-0.2, 0) is 32.6 Å². The second-order valence-electron chi connectivity index (χ2n) is 8.40. The van der Waals surface area contributed by atoms with E-state index in [0.29, 0.717) is 12.0 Å². The number of halogens is 1. The minimum absolute atomic E-state index is 0.0278. The Hall–Kier alpha value is -3.04. The van der Waals surface area contributed by atoms with Gasteiger partial charge in [0.05, 0.1) is 4.90 Å². The van der Waals surface area contributed by atoms with Crippen LogP contribution in [0.2, 0.25) is 0 Å². The van der Waals surface area contributed by atoms with E-state index in [2.05, 4.69) is 16.6 Å². The molecule has 34 heavy (non-hydrogen) atoms. The van der Waals surface area contributed by atoms with Gasteiger partial charge >= 0.3 is 0 Å². The van der Waals surface area contributed by atoms with E-state index in [9.17, 15) is 22.4 Å². The van der Waals surface area contributed by atoms with Crippen molar-refractivity contribution in [3.8, 4) is 0 Å². The second-order valence-corrected chi connectivity index (χ2v) is 10.1. The molecule has 3 rings (SSSR count). The Bertz CT molecular complexity index is 1110. The Kier molecular flexibility index (Phi) is 8.57. The van der Waals surface area contributed by atoms with Gasteiger partial charge in [0.2, 0.25) is 21.8 Å². The van der Waals surface area contributed by atoms with Gasteiger partial charge in [-0.05, 0) is 61.6 Å². The number of rotatable bonds is 12. The molecule has 0 saturated heterocycles. The van der Waals surface area contributed by atoms with E-state index in [0.717, 1.165) is 18.4 Å². The molecule has 1 aliphatic carbocycles. The van der Waals surface area contributed by atoms with Crippen molar-refractivity contribution < 1.29 is 22.4 Å². The van der Waals surface area contributed by atoms with Crippen molar-refractivity contribution in [3.05, 3.63) is 78.1 Å². The highest BCUT2D eigenvalue weighted by atomic mass is 32.2. The number of benzene rings is 2. The largest absolute Gasteiger partial charge is 0.351 e. The van der Waals surface area contributed by atoms with Crippen molar-refractivity contribution in [3.63, 3.8) is 0 Å². The molecule has 0 aromatic heterocycles. The highest BCUT2D eigenvalue weighted by Crippen LogP contribution is 2.22. The van der Waals surface area contributed by atoms with Gasteiger partial charge in [0.25, 0.3) is 0 Å². The van der Waals surface area contributed by atoms with Crippen LogP contribution in [0.15, 0.2) is 66.1 Å². The van der Waals surface area contributed by atoms with E-state index in [4.69, 9.17) is 0 Å². The molecule has 2 amide bonds. The summed E-state index contributed by atoms with van der Waals surface area (Å²) in [6.07, 6.45) is 3.79. The summed E-state index contributed by atoms with van der Waals surface area (Å²) in [4.78, 5) is 27.3. The summed E-state index contributed by atoms with van der Waals surface area (Å²) >= 11 is 0. The highest BCUT2D eigenvalue weighted by Gasteiger charge is 2.28. The first-order chi connectivity index (χ1) is 16.2. The zero-order valence-corrected chi connectivity index (χ0v) is 20.0. The third-order valence-electron chi connectivity index (χ3n) is 5.61. The van der Waals surface area contributed by atoms with Gasteiger partial charge < -0.3 is 10.2 Å². The number of sulfonamides is 1. The number of aryl methyl sites for hydroxylation is 1. The fraction of sp³-hybridized carbons (Fsp3) is 0.360. The Balaban J connectivity index is 1.66. The lowest BCUT2D eigenvalue weighted by atomic mass is 10.1. The van der Waals surface area contributed by atoms with Crippen molar-refractivity contribution >= 4 is 21.8 Å². The first kappa shape index (κ1) is 25.6. The zero-order valence-electron chi connectivity index (χ0n) is 19.2. The summed E-state index contributed by atoms with van der Waals surface area (Å²) in [5, 5.41) is 2.70. The third-order valence-corrected chi connectivity index (χ3v) is 7.15. The van der Waals surface area contributed by atoms with Gasteiger partial charge in [-0.15, -0.1) is 6.58 Å². The van der Waals surface area contributed by atoms with E-state index in [-0.39, 0.29) is 48.1 Å². The fourth-order valence-electron chi connectivity index (χ4n) is 3.41. The molecular formula is C25H30FN3O4S. The molecule has 182 valence electrons. The van der Waals surface area contributed by atoms with Gasteiger partial charge in [-0.2, -0.15) is 0 Å². The smallest absolute Gasteiger partial charge is 0.242 e. The molecule has 1 aliphatic rings. The van der Waals surface area contributed by atoms with Gasteiger partial charge in [-0.3, -0.25) is 9.59 Å². The normalized spacial score (nSPS) is 14.3. The molecule has 0 aliphatic heterocycles. The Morgan fingerprint density at radius 2 is 1.74 bits per heavy atom. The number of carbonyl (C=O) groups excluding carboxylic acids is 2. The molecule has 0 radical (unpaired) electrons. The maximum atomic E-state index is 13.3. The van der Waals surface area contributed by atoms with Crippen LogP contribution < -0.4 is 10.0 Å². The number of nitrogens with one attached hydrogen (secondary N) is 2. The number of nitrogens with zero attached hydrogens (tertiary/aromatic N) is 1. The molecule has 2 aromatic rings. The quantitative estimate of drug-likeness (QED) is 0.450. The maximum absolute atomic E-state index is 13.3. The summed E-state index contributed by atoms with van der Waals surface area (Å²) in [5.74, 6) is -0.929. The Morgan fingerprint density at radius 1 is 1.12 bits per heavy atom. The van der Waals surface area contributed by atoms with Crippen molar-refractivity contribution in [1.29, 1.82) is 0 Å². The van der Waals surface area contributed by atoms with Crippen LogP contribution in [0.25, 0.3) is 0 Å². The van der Waals surface area contributed by atoms with Crippen molar-refractivity contribution in [2.75, 3.05) is 6.54 Å². The monoisotopic (exact) mass is 487 g/mol. The van der Waals surface area contributed by atoms with Crippen molar-refractivity contribution in [2.24, 2.45) is 0 Å². The predicted octanol–water partition coefficient (Wildman–Crippen LogP) is 2.92. The average molecular weight is 488 g/mol. The van der Waals surface area contributed by atoms with Gasteiger partial charge in [0.15, 0.2) is 0 Å². The lowest BCUT2D eigenvalue weighted by Crippen LogP contribution is -2.47. The summed E-state index contributed by atoms with van der Waals surface area (Å²) in [6.45, 7) is 5.66. The Labute approximate surface area is 200 Å². The van der Waals surface area contributed by atoms with E-state index in [1.54, 1.807) is 37.3 Å². The number of carbonyl (C=O) groups is 2. The van der Waals surface area contributed by atoms with Gasteiger partial charge in [-0.25, -0.2) is 17.5 Å². The first-order valence-corrected chi connectivity index (χ1v) is 12.7. The van der Waals surface area contributed by atoms with Crippen molar-refractivity contribution in [1.82, 2.24) is 14.9 Å². The van der Waals surface area contributed by atoms with Crippen LogP contribution in [-0.4, -0.2) is 43.8 Å². The minimum atomic E-state index is -3.53. The van der Waals surface area contributed by atoms with E-state index in [1.165, 1.54) is 29.2 Å². The topological polar surface area (TPSA) is 95.6 Å². The van der Waals surface area contributed by atoms with E-state index < -0.39 is 16.1 Å². The molecule has 2 N–H and O–H groups in total. The summed E-state index contributed by atoms with van der Waals surface area (Å²) in [6, 6.07) is 11.5. The van der Waals surface area contributed by atoms with Crippen LogP contribution in [0.1, 0.15) is 37.3 Å². The van der Waals surface area contributed by atoms with Gasteiger partial charge in [-0.1, -0.05) is 30.3 Å². The van der Waals surface area contributed by atoms with E-state index in [1.807, 2.05) is 0 Å². The standard InChI is InChI=1S/C25H30FN3O4S/c1-3-16-27-25(31)18(2)29(17-20-4-9-21(26)10-5-20)24(30)15-8-19-6-13-23(14-7-19)34(32,33)28-22-11-12-22/h3-7,9-10,13-14,18,22,28H,1,8,11-12,15-17H2,2H3,(H,27,31)/t18-/m0/s1. The molecule has 9 heteroatoms. The molecular weight excluding hydrogens is 457 g/mol. The van der Waals surface area contributed by atoms with Crippen molar-refractivity contribution in [2.45, 2.75) is 56.1 Å². The van der Waals surface area contributed by atoms with Crippen LogP contribution in [0.3, 0.4) is 0 Å². The number of hydrogen-bond acceptors (Lipinski definition) is 4. The molecule has 1 saturated carbocycles. The molecule has 0 unspecified atom stereocenters. The number of amides is 2. The first-order valence-electron chi connectivity index (χ1n) is 11.2. The molecule has 2 aromatic carbocycles. The highest BCUT2D eigenvalue weighted by molar-refractivity contribution is 7.89. The SMILES string of the molecule is C=CCNC(=O)[C@H](C)N(Cc1ccc(F)cc1)C(=O)CCc1ccc(S(=O)(=O)NC2CC2)cc1. The van der Waals surface area contributed by atoms with Crippen LogP contribution in [0.4, 0.5) is 4.39 Å². The lowest BCUT2D eigenvalue weighted by Gasteiger charge is -2.29. The van der Waals surface area contributed by atoms with Crippen LogP contribution >= 0.6 is 0 Å². The molecule has 1 fully saturated rings. The molecule has 0 spiro atoms. The predicted molar refractivity (Wildman–Crippen MR) is 128 cm³/mol. The van der Waals surface area contributed by atoms with Crippen LogP contribution in [0.5, 0.6) is 0 Å². The molecule has 1 atom stereocenters. The summed E-state index contributed by atoms with van der Waals surface area (Å²) in [5.41, 5.74) is 1.51. The van der Waals surface area contributed by atoms with Gasteiger partial charge in [0.1, 0.15) is 11.9 Å². The minimum Gasteiger partial charge on any atom is -0.351 e.